The van der Waals surface area contributed by atoms with Gasteiger partial charge in [0.05, 0.1) is 10.8 Å². The van der Waals surface area contributed by atoms with Gasteiger partial charge in [-0.3, -0.25) is 10.1 Å². The fraction of sp³-hybridized carbons (Fsp3) is 0.222. The molecule has 0 aliphatic carbocycles. The summed E-state index contributed by atoms with van der Waals surface area (Å²) in [5, 5.41) is 17.7. The Bertz CT molecular complexity index is 478. The molecule has 0 bridgehead atoms. The molecule has 18 heavy (non-hydrogen) atoms. The largest absolute Gasteiger partial charge is 0.424 e. The highest BCUT2D eigenvalue weighted by atomic mass is 32.1. The van der Waals surface area contributed by atoms with Gasteiger partial charge in [-0.15, -0.1) is 10.2 Å². The molecule has 1 heterocycles. The van der Waals surface area contributed by atoms with E-state index in [1.807, 2.05) is 0 Å². The molecule has 0 atom stereocenters. The number of non-ortho nitro benzene ring substituents is 1. The van der Waals surface area contributed by atoms with E-state index in [-0.39, 0.29) is 5.69 Å². The second-order valence-corrected chi connectivity index (χ2v) is 3.69. The quantitative estimate of drug-likeness (QED) is 0.480. The number of hydrazine groups is 2. The molecule has 0 saturated carbocycles. The zero-order chi connectivity index (χ0) is 13.1. The number of nitrogens with one attached hydrogen (secondary N) is 1. The molecular weight excluding hydrogens is 258 g/mol. The molecule has 1 N–H and O–H groups in total. The SMILES string of the molecule is CN1C(Oc2ccc([N+](=O)[O-])cc2)=NNN1CS. The van der Waals surface area contributed by atoms with Crippen LogP contribution >= 0.6 is 12.6 Å². The average molecular weight is 269 g/mol. The Balaban J connectivity index is 2.04. The second-order valence-electron chi connectivity index (χ2n) is 3.41. The highest BCUT2D eigenvalue weighted by Crippen LogP contribution is 2.18. The first-order chi connectivity index (χ1) is 8.61. The molecule has 1 aliphatic heterocycles. The van der Waals surface area contributed by atoms with E-state index in [2.05, 4.69) is 23.3 Å². The number of amidine groups is 1. The van der Waals surface area contributed by atoms with Crippen molar-refractivity contribution in [3.05, 3.63) is 34.4 Å². The van der Waals surface area contributed by atoms with Gasteiger partial charge in [-0.25, -0.2) is 10.5 Å². The van der Waals surface area contributed by atoms with Crippen LogP contribution in [0.4, 0.5) is 5.69 Å². The molecule has 1 aromatic carbocycles. The molecular formula is C9H11N5O3S. The molecule has 0 unspecified atom stereocenters. The number of ether oxygens (including phenoxy) is 1. The van der Waals surface area contributed by atoms with Crippen molar-refractivity contribution >= 4 is 24.3 Å². The summed E-state index contributed by atoms with van der Waals surface area (Å²) >= 11 is 4.10. The number of hydrazone groups is 1. The van der Waals surface area contributed by atoms with Crippen molar-refractivity contribution in [1.82, 2.24) is 15.7 Å². The summed E-state index contributed by atoms with van der Waals surface area (Å²) in [5.41, 5.74) is 2.71. The Labute approximate surface area is 108 Å². The van der Waals surface area contributed by atoms with Crippen LogP contribution in [0.2, 0.25) is 0 Å². The van der Waals surface area contributed by atoms with Crippen LogP contribution in [-0.4, -0.2) is 34.0 Å². The summed E-state index contributed by atoms with van der Waals surface area (Å²) < 4.78 is 5.47. The number of thiol groups is 1. The zero-order valence-electron chi connectivity index (χ0n) is 9.48. The first kappa shape index (κ1) is 12.5. The van der Waals surface area contributed by atoms with Crippen molar-refractivity contribution in [1.29, 1.82) is 0 Å². The Morgan fingerprint density at radius 3 is 2.67 bits per heavy atom. The Morgan fingerprint density at radius 2 is 2.17 bits per heavy atom. The van der Waals surface area contributed by atoms with Gasteiger partial charge in [-0.05, 0) is 12.1 Å². The molecule has 0 spiro atoms. The van der Waals surface area contributed by atoms with E-state index in [0.717, 1.165) is 0 Å². The Morgan fingerprint density at radius 1 is 1.50 bits per heavy atom. The summed E-state index contributed by atoms with van der Waals surface area (Å²) in [5.74, 6) is 0.890. The van der Waals surface area contributed by atoms with Crippen molar-refractivity contribution in [2.24, 2.45) is 5.10 Å². The van der Waals surface area contributed by atoms with Gasteiger partial charge in [0.25, 0.3) is 5.69 Å². The van der Waals surface area contributed by atoms with E-state index in [1.165, 1.54) is 24.3 Å². The van der Waals surface area contributed by atoms with Gasteiger partial charge in [-0.1, -0.05) is 0 Å². The van der Waals surface area contributed by atoms with Crippen molar-refractivity contribution in [2.75, 3.05) is 12.9 Å². The lowest BCUT2D eigenvalue weighted by Gasteiger charge is -2.22. The summed E-state index contributed by atoms with van der Waals surface area (Å²) in [7, 11) is 1.75. The lowest BCUT2D eigenvalue weighted by Crippen LogP contribution is -2.43. The van der Waals surface area contributed by atoms with E-state index in [1.54, 1.807) is 17.2 Å². The lowest BCUT2D eigenvalue weighted by molar-refractivity contribution is -0.384. The molecule has 0 saturated heterocycles. The minimum Gasteiger partial charge on any atom is -0.424 e. The highest BCUT2D eigenvalue weighted by Gasteiger charge is 2.22. The molecule has 0 amide bonds. The van der Waals surface area contributed by atoms with Crippen LogP contribution < -0.4 is 10.3 Å². The minimum atomic E-state index is -0.465. The maximum absolute atomic E-state index is 10.5. The van der Waals surface area contributed by atoms with E-state index in [0.29, 0.717) is 17.6 Å². The maximum Gasteiger partial charge on any atom is 0.332 e. The normalized spacial score (nSPS) is 15.2. The van der Waals surface area contributed by atoms with Crippen LogP contribution in [0, 0.1) is 10.1 Å². The number of hydrogen-bond acceptors (Lipinski definition) is 8. The lowest BCUT2D eigenvalue weighted by atomic mass is 10.3. The highest BCUT2D eigenvalue weighted by molar-refractivity contribution is 7.80. The topological polar surface area (TPSA) is 83.2 Å². The third-order valence-corrected chi connectivity index (χ3v) is 2.56. The first-order valence-electron chi connectivity index (χ1n) is 4.99. The number of rotatable bonds is 3. The van der Waals surface area contributed by atoms with Crippen LogP contribution in [0.3, 0.4) is 0 Å². The number of nitro groups is 1. The Hall–Kier alpha value is -2.00. The van der Waals surface area contributed by atoms with Gasteiger partial charge < -0.3 is 4.74 Å². The van der Waals surface area contributed by atoms with Gasteiger partial charge in [0, 0.05) is 19.2 Å². The zero-order valence-corrected chi connectivity index (χ0v) is 10.4. The molecule has 2 rings (SSSR count). The first-order valence-corrected chi connectivity index (χ1v) is 5.62. The van der Waals surface area contributed by atoms with Crippen LogP contribution in [0.25, 0.3) is 0 Å². The van der Waals surface area contributed by atoms with E-state index in [9.17, 15) is 10.1 Å². The molecule has 0 aromatic heterocycles. The second kappa shape index (κ2) is 5.10. The van der Waals surface area contributed by atoms with Crippen LogP contribution in [0.5, 0.6) is 5.75 Å². The van der Waals surface area contributed by atoms with E-state index >= 15 is 0 Å². The molecule has 8 nitrogen and oxygen atoms in total. The number of nitrogens with zero attached hydrogens (tertiary/aromatic N) is 4. The number of hydrogen-bond donors (Lipinski definition) is 2. The van der Waals surface area contributed by atoms with Gasteiger partial charge in [-0.2, -0.15) is 12.6 Å². The predicted molar refractivity (Wildman–Crippen MR) is 67.8 cm³/mol. The smallest absolute Gasteiger partial charge is 0.332 e. The fourth-order valence-electron chi connectivity index (χ4n) is 1.30. The van der Waals surface area contributed by atoms with Crippen LogP contribution in [0.15, 0.2) is 29.4 Å². The number of benzene rings is 1. The monoisotopic (exact) mass is 269 g/mol. The van der Waals surface area contributed by atoms with Gasteiger partial charge in [0.2, 0.25) is 0 Å². The summed E-state index contributed by atoms with van der Waals surface area (Å²) in [6.07, 6.45) is 0. The molecule has 96 valence electrons. The van der Waals surface area contributed by atoms with Gasteiger partial charge in [0.15, 0.2) is 0 Å². The molecule has 1 aliphatic rings. The fourth-order valence-corrected chi connectivity index (χ4v) is 1.55. The van der Waals surface area contributed by atoms with Gasteiger partial charge in [0.1, 0.15) is 5.75 Å². The molecule has 0 radical (unpaired) electrons. The minimum absolute atomic E-state index is 0.0131. The van der Waals surface area contributed by atoms with Crippen molar-refractivity contribution in [3.8, 4) is 5.75 Å². The standard InChI is InChI=1S/C9H11N5O3S/c1-12-9(10-11-13(12)6-18)17-8-4-2-7(3-5-8)14(15)16/h2-5,11,18H,6H2,1H3. The summed E-state index contributed by atoms with van der Waals surface area (Å²) in [4.78, 5) is 10.0. The Kier molecular flexibility index (Phi) is 3.53. The van der Waals surface area contributed by atoms with Crippen molar-refractivity contribution in [2.45, 2.75) is 0 Å². The van der Waals surface area contributed by atoms with Crippen molar-refractivity contribution in [3.63, 3.8) is 0 Å². The number of nitro benzene ring substituents is 1. The average Bonchev–Trinajstić information content (AvgIpc) is 2.71. The maximum atomic E-state index is 10.5. The summed E-state index contributed by atoms with van der Waals surface area (Å²) in [6.45, 7) is 0. The van der Waals surface area contributed by atoms with Crippen molar-refractivity contribution < 1.29 is 9.66 Å². The summed E-state index contributed by atoms with van der Waals surface area (Å²) in [6, 6.07) is 6.09. The third kappa shape index (κ3) is 2.46. The van der Waals surface area contributed by atoms with E-state index < -0.39 is 4.92 Å². The molecule has 9 heteroatoms. The van der Waals surface area contributed by atoms with Crippen LogP contribution in [0.1, 0.15) is 0 Å². The van der Waals surface area contributed by atoms with Gasteiger partial charge >= 0.3 is 6.02 Å². The third-order valence-electron chi connectivity index (χ3n) is 2.29. The predicted octanol–water partition coefficient (Wildman–Crippen LogP) is 0.799. The van der Waals surface area contributed by atoms with Crippen LogP contribution in [-0.2, 0) is 0 Å². The van der Waals surface area contributed by atoms with E-state index in [4.69, 9.17) is 4.74 Å². The molecule has 1 aromatic rings. The molecule has 0 fully saturated rings.